The van der Waals surface area contributed by atoms with Crippen molar-refractivity contribution in [1.29, 1.82) is 0 Å². The molecule has 4 rings (SSSR count). The van der Waals surface area contributed by atoms with Crippen molar-refractivity contribution in [3.05, 3.63) is 41.9 Å². The maximum absolute atomic E-state index is 6.31. The molecule has 0 spiro atoms. The molecule has 2 saturated heterocycles. The van der Waals surface area contributed by atoms with Crippen LogP contribution in [0.4, 0.5) is 10.8 Å². The average Bonchev–Trinajstić information content (AvgIpc) is 3.33. The molecule has 0 saturated carbocycles. The fourth-order valence-corrected chi connectivity index (χ4v) is 4.70. The molecule has 0 aliphatic carbocycles. The Kier molecular flexibility index (Phi) is 8.58. The normalized spacial score (nSPS) is 19.5. The van der Waals surface area contributed by atoms with Gasteiger partial charge >= 0.3 is 0 Å². The summed E-state index contributed by atoms with van der Waals surface area (Å²) in [5.74, 6) is 0.679. The molecule has 1 aromatic heterocycles. The number of hydrogen-bond donors (Lipinski definition) is 1. The molecule has 2 aliphatic rings. The van der Waals surface area contributed by atoms with Gasteiger partial charge in [-0.3, -0.25) is 9.89 Å². The van der Waals surface area contributed by atoms with Gasteiger partial charge in [0.2, 0.25) is 0 Å². The Balaban J connectivity index is 0.00000256. The number of hydrogen-bond acceptors (Lipinski definition) is 6. The lowest BCUT2D eigenvalue weighted by molar-refractivity contribution is 0.201. The first-order valence-electron chi connectivity index (χ1n) is 10.4. The van der Waals surface area contributed by atoms with Crippen LogP contribution in [0.3, 0.4) is 0 Å². The zero-order valence-corrected chi connectivity index (χ0v) is 20.7. The maximum atomic E-state index is 6.31. The molecule has 1 aromatic carbocycles. The fourth-order valence-electron chi connectivity index (χ4n) is 4.00. The van der Waals surface area contributed by atoms with Crippen molar-refractivity contribution in [3.8, 4) is 0 Å². The number of para-hydroxylation sites is 1. The first-order chi connectivity index (χ1) is 14.2. The number of aromatic nitrogens is 1. The third kappa shape index (κ3) is 5.76. The van der Waals surface area contributed by atoms with Gasteiger partial charge in [0.15, 0.2) is 11.1 Å². The zero-order valence-electron chi connectivity index (χ0n) is 17.6. The van der Waals surface area contributed by atoms with Gasteiger partial charge in [-0.05, 0) is 19.1 Å². The van der Waals surface area contributed by atoms with E-state index < -0.39 is 0 Å². The van der Waals surface area contributed by atoms with Gasteiger partial charge in [-0.15, -0.1) is 35.3 Å². The number of benzene rings is 1. The summed E-state index contributed by atoms with van der Waals surface area (Å²) in [6.45, 7) is 11.0. The van der Waals surface area contributed by atoms with E-state index in [-0.39, 0.29) is 24.0 Å². The van der Waals surface area contributed by atoms with Gasteiger partial charge in [0, 0.05) is 75.7 Å². The van der Waals surface area contributed by atoms with Crippen LogP contribution >= 0.6 is 35.3 Å². The molecule has 2 aliphatic heterocycles. The van der Waals surface area contributed by atoms with Gasteiger partial charge in [0.25, 0.3) is 0 Å². The minimum atomic E-state index is 0. The molecule has 0 radical (unpaired) electrons. The Labute approximate surface area is 200 Å². The number of guanidine groups is 1. The van der Waals surface area contributed by atoms with Crippen molar-refractivity contribution in [2.75, 3.05) is 68.7 Å². The van der Waals surface area contributed by atoms with Crippen molar-refractivity contribution in [2.45, 2.75) is 13.0 Å². The predicted octanol–water partition coefficient (Wildman–Crippen LogP) is 2.41. The molecule has 9 heteroatoms. The highest BCUT2D eigenvalue weighted by Crippen LogP contribution is 2.19. The molecule has 0 amide bonds. The van der Waals surface area contributed by atoms with Crippen LogP contribution in [0.1, 0.15) is 6.92 Å². The molecule has 2 fully saturated rings. The Morgan fingerprint density at radius 3 is 2.33 bits per heavy atom. The molecule has 1 atom stereocenters. The van der Waals surface area contributed by atoms with Crippen molar-refractivity contribution in [3.63, 3.8) is 0 Å². The first-order valence-corrected chi connectivity index (χ1v) is 11.3. The summed E-state index contributed by atoms with van der Waals surface area (Å²) in [6.07, 6.45) is 1.86. The van der Waals surface area contributed by atoms with E-state index in [1.807, 2.05) is 11.6 Å². The van der Waals surface area contributed by atoms with Crippen LogP contribution in [-0.4, -0.2) is 85.7 Å². The lowest BCUT2D eigenvalue weighted by atomic mass is 10.2. The van der Waals surface area contributed by atoms with E-state index in [2.05, 4.69) is 61.8 Å². The molecule has 30 heavy (non-hydrogen) atoms. The quantitative estimate of drug-likeness (QED) is 0.357. The Hall–Kier alpha value is -1.59. The molecule has 164 valence electrons. The van der Waals surface area contributed by atoms with E-state index in [1.54, 1.807) is 11.3 Å². The number of piperazine rings is 2. The first kappa shape index (κ1) is 23.1. The highest BCUT2D eigenvalue weighted by atomic mass is 127. The molecule has 7 nitrogen and oxygen atoms in total. The number of thiazole rings is 1. The summed E-state index contributed by atoms with van der Waals surface area (Å²) >= 11 is 1.69. The van der Waals surface area contributed by atoms with Crippen molar-refractivity contribution >= 4 is 52.1 Å². The second-order valence-electron chi connectivity index (χ2n) is 7.70. The monoisotopic (exact) mass is 541 g/mol. The van der Waals surface area contributed by atoms with Crippen LogP contribution in [0.25, 0.3) is 0 Å². The van der Waals surface area contributed by atoms with Crippen LogP contribution in [0.15, 0.2) is 46.9 Å². The standard InChI is InChI=1S/C21H31N7S.HI/c1-18(25-8-10-26(11-9-25)19-5-3-2-4-6-19)17-24-20(22)27-12-14-28(15-13-27)21-23-7-16-29-21;/h2-7,16,18H,8-15,17H2,1H3,(H2,22,24);1H. The van der Waals surface area contributed by atoms with E-state index >= 15 is 0 Å². The van der Waals surface area contributed by atoms with E-state index in [0.29, 0.717) is 12.0 Å². The van der Waals surface area contributed by atoms with Gasteiger partial charge in [-0.2, -0.15) is 0 Å². The summed E-state index contributed by atoms with van der Waals surface area (Å²) in [5, 5.41) is 3.13. The number of aliphatic imine (C=N–C) groups is 1. The van der Waals surface area contributed by atoms with E-state index in [0.717, 1.165) is 64.0 Å². The number of rotatable bonds is 5. The molecule has 2 N–H and O–H groups in total. The third-order valence-corrected chi connectivity index (χ3v) is 6.70. The summed E-state index contributed by atoms with van der Waals surface area (Å²) in [6, 6.07) is 11.1. The van der Waals surface area contributed by atoms with Crippen LogP contribution in [-0.2, 0) is 0 Å². The third-order valence-electron chi connectivity index (χ3n) is 5.87. The molecule has 1 unspecified atom stereocenters. The number of nitrogens with two attached hydrogens (primary N) is 1. The summed E-state index contributed by atoms with van der Waals surface area (Å²) in [7, 11) is 0. The number of anilines is 2. The smallest absolute Gasteiger partial charge is 0.191 e. The van der Waals surface area contributed by atoms with Gasteiger partial charge in [-0.25, -0.2) is 4.98 Å². The summed E-state index contributed by atoms with van der Waals surface area (Å²) < 4.78 is 0. The van der Waals surface area contributed by atoms with E-state index in [9.17, 15) is 0 Å². The SMILES string of the molecule is CC(CN=C(N)N1CCN(c2nccs2)CC1)N1CCN(c2ccccc2)CC1.I. The zero-order chi connectivity index (χ0) is 20.1. The number of nitrogens with zero attached hydrogens (tertiary/aromatic N) is 6. The second-order valence-corrected chi connectivity index (χ2v) is 8.57. The highest BCUT2D eigenvalue weighted by Gasteiger charge is 2.22. The van der Waals surface area contributed by atoms with E-state index in [1.165, 1.54) is 5.69 Å². The lowest BCUT2D eigenvalue weighted by Crippen LogP contribution is -2.52. The van der Waals surface area contributed by atoms with Gasteiger partial charge in [0.1, 0.15) is 0 Å². The van der Waals surface area contributed by atoms with Crippen molar-refractivity contribution in [2.24, 2.45) is 10.7 Å². The minimum absolute atomic E-state index is 0. The summed E-state index contributed by atoms with van der Waals surface area (Å²) in [5.41, 5.74) is 7.62. The Morgan fingerprint density at radius 2 is 1.70 bits per heavy atom. The maximum Gasteiger partial charge on any atom is 0.191 e. The van der Waals surface area contributed by atoms with Crippen LogP contribution in [0, 0.1) is 0 Å². The van der Waals surface area contributed by atoms with Gasteiger partial charge < -0.3 is 20.4 Å². The van der Waals surface area contributed by atoms with Gasteiger partial charge in [-0.1, -0.05) is 18.2 Å². The molecule has 2 aromatic rings. The molecule has 3 heterocycles. The Morgan fingerprint density at radius 1 is 1.03 bits per heavy atom. The minimum Gasteiger partial charge on any atom is -0.370 e. The molecular formula is C21H32IN7S. The highest BCUT2D eigenvalue weighted by molar-refractivity contribution is 14.0. The van der Waals surface area contributed by atoms with Crippen LogP contribution in [0.5, 0.6) is 0 Å². The molecular weight excluding hydrogens is 509 g/mol. The second kappa shape index (κ2) is 11.1. The van der Waals surface area contributed by atoms with Crippen molar-refractivity contribution < 1.29 is 0 Å². The van der Waals surface area contributed by atoms with Gasteiger partial charge in [0.05, 0.1) is 6.54 Å². The largest absolute Gasteiger partial charge is 0.370 e. The number of halogens is 1. The average molecular weight is 542 g/mol. The van der Waals surface area contributed by atoms with Crippen molar-refractivity contribution in [1.82, 2.24) is 14.8 Å². The summed E-state index contributed by atoms with van der Waals surface area (Å²) in [4.78, 5) is 18.6. The van der Waals surface area contributed by atoms with E-state index in [4.69, 9.17) is 10.7 Å². The van der Waals surface area contributed by atoms with Crippen LogP contribution in [0.2, 0.25) is 0 Å². The predicted molar refractivity (Wildman–Crippen MR) is 137 cm³/mol. The van der Waals surface area contributed by atoms with Crippen LogP contribution < -0.4 is 15.5 Å². The molecule has 0 bridgehead atoms. The Bertz CT molecular complexity index is 770. The topological polar surface area (TPSA) is 64.2 Å². The fraction of sp³-hybridized carbons (Fsp3) is 0.524. The lowest BCUT2D eigenvalue weighted by Gasteiger charge is -2.39.